The lowest BCUT2D eigenvalue weighted by atomic mass is 10.1. The van der Waals surface area contributed by atoms with Gasteiger partial charge in [-0.3, -0.25) is 14.3 Å². The molecule has 0 fully saturated rings. The molecule has 0 radical (unpaired) electrons. The number of aromatic nitrogens is 2. The van der Waals surface area contributed by atoms with Crippen molar-refractivity contribution in [1.29, 1.82) is 0 Å². The van der Waals surface area contributed by atoms with Crippen molar-refractivity contribution in [3.63, 3.8) is 0 Å². The number of carboxylic acid groups (broad SMARTS) is 1. The first-order valence-corrected chi connectivity index (χ1v) is 9.36. The Labute approximate surface area is 160 Å². The standard InChI is InChI=1S/C21H29N3O3/c1-14-5-8-18(9-6-14)13-24-17(4)19(16(3)23-24)10-11-20(25)22-15(2)7-12-21(26)27/h5-6,8-9,15H,7,10-13H2,1-4H3,(H,22,25)(H,26,27). The van der Waals surface area contributed by atoms with Crippen molar-refractivity contribution in [3.8, 4) is 0 Å². The topological polar surface area (TPSA) is 84.2 Å². The van der Waals surface area contributed by atoms with E-state index in [0.29, 0.717) is 25.8 Å². The Balaban J connectivity index is 1.93. The van der Waals surface area contributed by atoms with E-state index in [9.17, 15) is 9.59 Å². The first-order valence-electron chi connectivity index (χ1n) is 9.36. The van der Waals surface area contributed by atoms with Gasteiger partial charge in [-0.25, -0.2) is 0 Å². The van der Waals surface area contributed by atoms with E-state index in [4.69, 9.17) is 5.11 Å². The van der Waals surface area contributed by atoms with Crippen LogP contribution in [0.4, 0.5) is 0 Å². The first kappa shape index (κ1) is 20.7. The Morgan fingerprint density at radius 2 is 1.81 bits per heavy atom. The van der Waals surface area contributed by atoms with Crippen molar-refractivity contribution < 1.29 is 14.7 Å². The summed E-state index contributed by atoms with van der Waals surface area (Å²) in [4.78, 5) is 22.7. The summed E-state index contributed by atoms with van der Waals surface area (Å²) in [7, 11) is 0. The normalized spacial score (nSPS) is 12.0. The highest BCUT2D eigenvalue weighted by Crippen LogP contribution is 2.17. The number of carbonyl (C=O) groups is 2. The lowest BCUT2D eigenvalue weighted by Gasteiger charge is -2.12. The van der Waals surface area contributed by atoms with Crippen LogP contribution in [0.3, 0.4) is 0 Å². The van der Waals surface area contributed by atoms with Crippen LogP contribution >= 0.6 is 0 Å². The number of nitrogens with zero attached hydrogens (tertiary/aromatic N) is 2. The van der Waals surface area contributed by atoms with Crippen molar-refractivity contribution in [3.05, 3.63) is 52.3 Å². The summed E-state index contributed by atoms with van der Waals surface area (Å²) in [5, 5.41) is 16.2. The van der Waals surface area contributed by atoms with Gasteiger partial charge in [-0.1, -0.05) is 29.8 Å². The second-order valence-electron chi connectivity index (χ2n) is 7.19. The summed E-state index contributed by atoms with van der Waals surface area (Å²) in [5.74, 6) is -0.902. The van der Waals surface area contributed by atoms with Gasteiger partial charge in [0, 0.05) is 24.6 Å². The molecule has 0 saturated carbocycles. The molecule has 1 atom stereocenters. The lowest BCUT2D eigenvalue weighted by Crippen LogP contribution is -2.33. The number of rotatable bonds is 9. The fourth-order valence-corrected chi connectivity index (χ4v) is 3.11. The van der Waals surface area contributed by atoms with Gasteiger partial charge in [-0.15, -0.1) is 0 Å². The minimum Gasteiger partial charge on any atom is -0.481 e. The van der Waals surface area contributed by atoms with Crippen LogP contribution in [0.25, 0.3) is 0 Å². The number of carboxylic acids is 1. The maximum absolute atomic E-state index is 12.1. The zero-order valence-corrected chi connectivity index (χ0v) is 16.6. The number of hydrogen-bond donors (Lipinski definition) is 2. The average Bonchev–Trinajstić information content (AvgIpc) is 2.86. The van der Waals surface area contributed by atoms with E-state index in [2.05, 4.69) is 41.6 Å². The molecule has 0 spiro atoms. The second kappa shape index (κ2) is 9.35. The molecule has 27 heavy (non-hydrogen) atoms. The minimum atomic E-state index is -0.844. The number of carbonyl (C=O) groups excluding carboxylic acids is 1. The van der Waals surface area contributed by atoms with Gasteiger partial charge in [-0.05, 0) is 51.7 Å². The van der Waals surface area contributed by atoms with Crippen LogP contribution in [-0.2, 0) is 22.6 Å². The summed E-state index contributed by atoms with van der Waals surface area (Å²) in [6.45, 7) is 8.62. The van der Waals surface area contributed by atoms with Gasteiger partial charge in [-0.2, -0.15) is 5.10 Å². The number of hydrogen-bond acceptors (Lipinski definition) is 3. The number of aryl methyl sites for hydroxylation is 2. The van der Waals surface area contributed by atoms with Crippen LogP contribution in [0.2, 0.25) is 0 Å². The van der Waals surface area contributed by atoms with E-state index in [0.717, 1.165) is 17.0 Å². The molecule has 2 aromatic rings. The van der Waals surface area contributed by atoms with E-state index in [-0.39, 0.29) is 18.4 Å². The summed E-state index contributed by atoms with van der Waals surface area (Å²) in [6.07, 6.45) is 1.50. The van der Waals surface area contributed by atoms with Gasteiger partial charge in [0.15, 0.2) is 0 Å². The highest BCUT2D eigenvalue weighted by molar-refractivity contribution is 5.76. The van der Waals surface area contributed by atoms with Crippen LogP contribution in [0.15, 0.2) is 24.3 Å². The fourth-order valence-electron chi connectivity index (χ4n) is 3.11. The number of amides is 1. The molecule has 0 saturated heterocycles. The smallest absolute Gasteiger partial charge is 0.303 e. The highest BCUT2D eigenvalue weighted by Gasteiger charge is 2.15. The predicted octanol–water partition coefficient (Wildman–Crippen LogP) is 3.16. The molecule has 0 aliphatic rings. The molecular weight excluding hydrogens is 342 g/mol. The third-order valence-corrected chi connectivity index (χ3v) is 4.78. The molecule has 0 aliphatic carbocycles. The van der Waals surface area contributed by atoms with Crippen molar-refractivity contribution in [2.75, 3.05) is 0 Å². The molecule has 146 valence electrons. The number of aliphatic carboxylic acids is 1. The van der Waals surface area contributed by atoms with E-state index < -0.39 is 5.97 Å². The molecule has 6 nitrogen and oxygen atoms in total. The lowest BCUT2D eigenvalue weighted by molar-refractivity contribution is -0.137. The molecule has 2 rings (SSSR count). The van der Waals surface area contributed by atoms with Crippen molar-refractivity contribution in [2.45, 2.75) is 66.0 Å². The van der Waals surface area contributed by atoms with Gasteiger partial charge in [0.25, 0.3) is 0 Å². The van der Waals surface area contributed by atoms with Crippen LogP contribution in [0.5, 0.6) is 0 Å². The molecular formula is C21H29N3O3. The molecule has 1 aromatic carbocycles. The maximum atomic E-state index is 12.1. The third kappa shape index (κ3) is 6.24. The zero-order valence-electron chi connectivity index (χ0n) is 16.6. The Morgan fingerprint density at radius 1 is 1.15 bits per heavy atom. The van der Waals surface area contributed by atoms with E-state index in [1.54, 1.807) is 0 Å². The molecule has 1 unspecified atom stereocenters. The fraction of sp³-hybridized carbons (Fsp3) is 0.476. The van der Waals surface area contributed by atoms with Gasteiger partial charge in [0.1, 0.15) is 0 Å². The van der Waals surface area contributed by atoms with E-state index in [1.807, 2.05) is 25.5 Å². The Bertz CT molecular complexity index is 794. The van der Waals surface area contributed by atoms with E-state index in [1.165, 1.54) is 11.1 Å². The summed E-state index contributed by atoms with van der Waals surface area (Å²) >= 11 is 0. The minimum absolute atomic E-state index is 0.0574. The molecule has 2 N–H and O–H groups in total. The highest BCUT2D eigenvalue weighted by atomic mass is 16.4. The van der Waals surface area contributed by atoms with Crippen LogP contribution in [0.1, 0.15) is 54.3 Å². The Morgan fingerprint density at radius 3 is 2.44 bits per heavy atom. The van der Waals surface area contributed by atoms with Crippen LogP contribution < -0.4 is 5.32 Å². The SMILES string of the molecule is Cc1ccc(Cn2nc(C)c(CCC(=O)NC(C)CCC(=O)O)c2C)cc1. The van der Waals surface area contributed by atoms with Gasteiger partial charge < -0.3 is 10.4 Å². The Hall–Kier alpha value is -2.63. The molecule has 1 amide bonds. The molecule has 0 bridgehead atoms. The van der Waals surface area contributed by atoms with Gasteiger partial charge in [0.05, 0.1) is 12.2 Å². The molecule has 1 aromatic heterocycles. The van der Waals surface area contributed by atoms with Gasteiger partial charge >= 0.3 is 5.97 Å². The zero-order chi connectivity index (χ0) is 20.0. The summed E-state index contributed by atoms with van der Waals surface area (Å²) in [5.41, 5.74) is 5.57. The van der Waals surface area contributed by atoms with Crippen molar-refractivity contribution >= 4 is 11.9 Å². The summed E-state index contributed by atoms with van der Waals surface area (Å²) < 4.78 is 1.99. The molecule has 0 aliphatic heterocycles. The third-order valence-electron chi connectivity index (χ3n) is 4.78. The molecule has 6 heteroatoms. The largest absolute Gasteiger partial charge is 0.481 e. The molecule has 1 heterocycles. The maximum Gasteiger partial charge on any atom is 0.303 e. The number of nitrogens with one attached hydrogen (secondary N) is 1. The first-order chi connectivity index (χ1) is 12.8. The average molecular weight is 371 g/mol. The van der Waals surface area contributed by atoms with Crippen molar-refractivity contribution in [2.24, 2.45) is 0 Å². The Kier molecular flexibility index (Phi) is 7.16. The second-order valence-corrected chi connectivity index (χ2v) is 7.19. The van der Waals surface area contributed by atoms with Crippen LogP contribution in [0, 0.1) is 20.8 Å². The number of benzene rings is 1. The predicted molar refractivity (Wildman–Crippen MR) is 105 cm³/mol. The van der Waals surface area contributed by atoms with Gasteiger partial charge in [0.2, 0.25) is 5.91 Å². The summed E-state index contributed by atoms with van der Waals surface area (Å²) in [6, 6.07) is 8.27. The van der Waals surface area contributed by atoms with Crippen molar-refractivity contribution in [1.82, 2.24) is 15.1 Å². The monoisotopic (exact) mass is 371 g/mol. The van der Waals surface area contributed by atoms with E-state index >= 15 is 0 Å². The van der Waals surface area contributed by atoms with Crippen LogP contribution in [-0.4, -0.2) is 32.8 Å². The quantitative estimate of drug-likeness (QED) is 0.709.